The second-order valence-corrected chi connectivity index (χ2v) is 4.43. The molecule has 2 aromatic heterocycles. The fraction of sp³-hybridized carbons (Fsp3) is 0.455. The van der Waals surface area contributed by atoms with Gasteiger partial charge in [-0.05, 0) is 19.3 Å². The predicted octanol–water partition coefficient (Wildman–Crippen LogP) is 1.20. The first-order valence-corrected chi connectivity index (χ1v) is 5.39. The highest BCUT2D eigenvalue weighted by Gasteiger charge is 2.25. The number of hydrogen-bond acceptors (Lipinski definition) is 4. The molecule has 0 saturated carbocycles. The number of rotatable bonds is 0. The minimum atomic E-state index is 0.163. The number of aryl methyl sites for hydroxylation is 1. The summed E-state index contributed by atoms with van der Waals surface area (Å²) in [6.45, 7) is 3.91. The number of ketones is 1. The molecule has 0 aromatic carbocycles. The Morgan fingerprint density at radius 1 is 1.44 bits per heavy atom. The van der Waals surface area contributed by atoms with Crippen molar-refractivity contribution in [3.63, 3.8) is 0 Å². The summed E-state index contributed by atoms with van der Waals surface area (Å²) in [5.41, 5.74) is 1.66. The van der Waals surface area contributed by atoms with E-state index in [1.807, 2.05) is 6.92 Å². The molecule has 1 aliphatic rings. The molecule has 3 rings (SSSR count). The fourth-order valence-electron chi connectivity index (χ4n) is 2.24. The fourth-order valence-corrected chi connectivity index (χ4v) is 2.24. The third kappa shape index (κ3) is 1.24. The Morgan fingerprint density at radius 2 is 2.25 bits per heavy atom. The molecular weight excluding hydrogens is 204 g/mol. The molecule has 0 amide bonds. The van der Waals surface area contributed by atoms with E-state index in [1.165, 1.54) is 0 Å². The lowest BCUT2D eigenvalue weighted by molar-refractivity contribution is 0.0951. The van der Waals surface area contributed by atoms with E-state index in [1.54, 1.807) is 10.7 Å². The summed E-state index contributed by atoms with van der Waals surface area (Å²) in [7, 11) is 0. The number of fused-ring (bicyclic) bond motifs is 3. The van der Waals surface area contributed by atoms with Crippen molar-refractivity contribution in [3.05, 3.63) is 23.3 Å². The first-order valence-electron chi connectivity index (χ1n) is 5.39. The molecule has 0 N–H and O–H groups in total. The smallest absolute Gasteiger partial charge is 0.252 e. The zero-order valence-electron chi connectivity index (χ0n) is 9.27. The van der Waals surface area contributed by atoms with Gasteiger partial charge in [0.1, 0.15) is 5.82 Å². The van der Waals surface area contributed by atoms with Gasteiger partial charge in [-0.3, -0.25) is 4.79 Å². The quantitative estimate of drug-likeness (QED) is 0.663. The Labute approximate surface area is 92.5 Å². The third-order valence-electron chi connectivity index (χ3n) is 2.95. The third-order valence-corrected chi connectivity index (χ3v) is 2.95. The average Bonchev–Trinajstić information content (AvgIpc) is 2.58. The van der Waals surface area contributed by atoms with E-state index in [9.17, 15) is 4.79 Å². The van der Waals surface area contributed by atoms with Crippen molar-refractivity contribution in [2.75, 3.05) is 0 Å². The van der Waals surface area contributed by atoms with Gasteiger partial charge in [-0.1, -0.05) is 6.92 Å². The summed E-state index contributed by atoms with van der Waals surface area (Å²) < 4.78 is 1.71. The Hall–Kier alpha value is -1.78. The number of aromatic nitrogens is 4. The number of Topliss-reactive ketones (excluding diaryl/α,β-unsaturated/α-hetero) is 1. The van der Waals surface area contributed by atoms with Crippen LogP contribution in [0.15, 0.2) is 6.20 Å². The van der Waals surface area contributed by atoms with E-state index in [4.69, 9.17) is 0 Å². The topological polar surface area (TPSA) is 60.1 Å². The van der Waals surface area contributed by atoms with Crippen molar-refractivity contribution >= 4 is 11.6 Å². The van der Waals surface area contributed by atoms with Crippen molar-refractivity contribution < 1.29 is 4.79 Å². The minimum Gasteiger partial charge on any atom is -0.294 e. The molecule has 1 unspecified atom stereocenters. The van der Waals surface area contributed by atoms with Crippen LogP contribution in [0.3, 0.4) is 0 Å². The van der Waals surface area contributed by atoms with Gasteiger partial charge in [-0.25, -0.2) is 9.50 Å². The lowest BCUT2D eigenvalue weighted by Gasteiger charge is -2.19. The van der Waals surface area contributed by atoms with Crippen LogP contribution >= 0.6 is 0 Å². The molecule has 2 aromatic rings. The average molecular weight is 216 g/mol. The van der Waals surface area contributed by atoms with Crippen LogP contribution in [0.2, 0.25) is 0 Å². The van der Waals surface area contributed by atoms with Crippen molar-refractivity contribution in [1.29, 1.82) is 0 Å². The second kappa shape index (κ2) is 3.10. The molecule has 5 heteroatoms. The van der Waals surface area contributed by atoms with Crippen molar-refractivity contribution in [1.82, 2.24) is 19.6 Å². The summed E-state index contributed by atoms with van der Waals surface area (Å²) in [4.78, 5) is 20.2. The SMILES string of the molecule is Cc1nc2ncc3c(n2n1)CC(C)CC3=O. The molecule has 0 saturated heterocycles. The molecule has 0 aliphatic heterocycles. The molecule has 0 radical (unpaired) electrons. The standard InChI is InChI=1S/C11H12N4O/c1-6-3-9-8(10(16)4-6)5-12-11-13-7(2)14-15(9)11/h5-6H,3-4H2,1-2H3. The molecular formula is C11H12N4O. The number of hydrogen-bond donors (Lipinski definition) is 0. The molecule has 0 bridgehead atoms. The van der Waals surface area contributed by atoms with Crippen LogP contribution in [-0.2, 0) is 6.42 Å². The Kier molecular flexibility index (Phi) is 1.83. The second-order valence-electron chi connectivity index (χ2n) is 4.43. The molecule has 0 spiro atoms. The lowest BCUT2D eigenvalue weighted by atomic mass is 9.88. The molecule has 1 atom stereocenters. The van der Waals surface area contributed by atoms with Crippen molar-refractivity contribution in [2.24, 2.45) is 5.92 Å². The zero-order valence-corrected chi connectivity index (χ0v) is 9.27. The van der Waals surface area contributed by atoms with Gasteiger partial charge in [0.2, 0.25) is 0 Å². The van der Waals surface area contributed by atoms with E-state index >= 15 is 0 Å². The lowest BCUT2D eigenvalue weighted by Crippen LogP contribution is -2.21. The van der Waals surface area contributed by atoms with Crippen LogP contribution in [-0.4, -0.2) is 25.4 Å². The number of carbonyl (C=O) groups is 1. The van der Waals surface area contributed by atoms with E-state index in [0.717, 1.165) is 12.1 Å². The van der Waals surface area contributed by atoms with Crippen molar-refractivity contribution in [3.8, 4) is 0 Å². The summed E-state index contributed by atoms with van der Waals surface area (Å²) in [6.07, 6.45) is 3.10. The predicted molar refractivity (Wildman–Crippen MR) is 57.3 cm³/mol. The van der Waals surface area contributed by atoms with Gasteiger partial charge in [0.05, 0.1) is 11.3 Å². The summed E-state index contributed by atoms with van der Waals surface area (Å²) in [5.74, 6) is 1.80. The monoisotopic (exact) mass is 216 g/mol. The van der Waals surface area contributed by atoms with Gasteiger partial charge < -0.3 is 0 Å². The Bertz CT molecular complexity index is 587. The highest BCUT2D eigenvalue weighted by molar-refractivity contribution is 5.98. The number of nitrogens with zero attached hydrogens (tertiary/aromatic N) is 4. The van der Waals surface area contributed by atoms with Gasteiger partial charge in [-0.15, -0.1) is 0 Å². The molecule has 2 heterocycles. The summed E-state index contributed by atoms with van der Waals surface area (Å²) in [5, 5.41) is 4.29. The Balaban J connectivity index is 2.32. The largest absolute Gasteiger partial charge is 0.294 e. The maximum absolute atomic E-state index is 11.8. The van der Waals surface area contributed by atoms with Gasteiger partial charge in [0, 0.05) is 12.6 Å². The van der Waals surface area contributed by atoms with Crippen LogP contribution < -0.4 is 0 Å². The van der Waals surface area contributed by atoms with Crippen LogP contribution in [0.25, 0.3) is 5.78 Å². The van der Waals surface area contributed by atoms with E-state index in [0.29, 0.717) is 29.5 Å². The highest BCUT2D eigenvalue weighted by Crippen LogP contribution is 2.24. The maximum atomic E-state index is 11.8. The molecule has 16 heavy (non-hydrogen) atoms. The normalized spacial score (nSPS) is 20.1. The van der Waals surface area contributed by atoms with Gasteiger partial charge in [0.25, 0.3) is 5.78 Å². The first-order chi connectivity index (χ1) is 7.65. The van der Waals surface area contributed by atoms with Crippen molar-refractivity contribution in [2.45, 2.75) is 26.7 Å². The van der Waals surface area contributed by atoms with Gasteiger partial charge in [0.15, 0.2) is 5.78 Å². The highest BCUT2D eigenvalue weighted by atomic mass is 16.1. The van der Waals surface area contributed by atoms with Crippen LogP contribution in [0.5, 0.6) is 0 Å². The number of carbonyl (C=O) groups excluding carboxylic acids is 1. The first kappa shape index (κ1) is 9.45. The van der Waals surface area contributed by atoms with Crippen LogP contribution in [0, 0.1) is 12.8 Å². The van der Waals surface area contributed by atoms with E-state index < -0.39 is 0 Å². The molecule has 1 aliphatic carbocycles. The van der Waals surface area contributed by atoms with E-state index in [-0.39, 0.29) is 5.78 Å². The zero-order chi connectivity index (χ0) is 11.3. The molecule has 82 valence electrons. The van der Waals surface area contributed by atoms with E-state index in [2.05, 4.69) is 22.0 Å². The maximum Gasteiger partial charge on any atom is 0.252 e. The molecule has 0 fully saturated rings. The summed E-state index contributed by atoms with van der Waals surface area (Å²) >= 11 is 0. The molecule has 5 nitrogen and oxygen atoms in total. The van der Waals surface area contributed by atoms with Crippen LogP contribution in [0.1, 0.15) is 35.2 Å². The van der Waals surface area contributed by atoms with Crippen LogP contribution in [0.4, 0.5) is 0 Å². The summed E-state index contributed by atoms with van der Waals surface area (Å²) in [6, 6.07) is 0. The minimum absolute atomic E-state index is 0.163. The van der Waals surface area contributed by atoms with Gasteiger partial charge >= 0.3 is 0 Å². The van der Waals surface area contributed by atoms with Gasteiger partial charge in [-0.2, -0.15) is 10.1 Å². The Morgan fingerprint density at radius 3 is 3.06 bits per heavy atom.